The maximum Gasteiger partial charge on any atom is 0.387 e. The maximum atomic E-state index is 13.1. The fourth-order valence-electron chi connectivity index (χ4n) is 1.78. The van der Waals surface area contributed by atoms with E-state index in [1.165, 1.54) is 24.3 Å². The van der Waals surface area contributed by atoms with Gasteiger partial charge in [0.2, 0.25) is 0 Å². The number of aryl methyl sites for hydroxylation is 1. The molecule has 0 aromatic heterocycles. The van der Waals surface area contributed by atoms with Crippen LogP contribution in [0.4, 0.5) is 24.5 Å². The second-order valence-electron chi connectivity index (χ2n) is 4.47. The molecule has 0 aliphatic rings. The Kier molecular flexibility index (Phi) is 5.21. The maximum absolute atomic E-state index is 13.1. The molecule has 2 aromatic rings. The average Bonchev–Trinajstić information content (AvgIpc) is 2.41. The van der Waals surface area contributed by atoms with Crippen molar-refractivity contribution >= 4 is 28.7 Å². The van der Waals surface area contributed by atoms with Gasteiger partial charge < -0.3 is 15.4 Å². The predicted molar refractivity (Wildman–Crippen MR) is 84.1 cm³/mol. The summed E-state index contributed by atoms with van der Waals surface area (Å²) in [7, 11) is 0. The molecule has 0 atom stereocenters. The molecule has 3 nitrogen and oxygen atoms in total. The molecule has 0 aliphatic heterocycles. The Balaban J connectivity index is 2.11. The Morgan fingerprint density at radius 1 is 1.14 bits per heavy atom. The van der Waals surface area contributed by atoms with Crippen LogP contribution < -0.4 is 15.4 Å². The molecule has 0 radical (unpaired) electrons. The van der Waals surface area contributed by atoms with E-state index < -0.39 is 12.4 Å². The Morgan fingerprint density at radius 3 is 2.59 bits per heavy atom. The molecule has 0 fully saturated rings. The minimum absolute atomic E-state index is 0.0154. The van der Waals surface area contributed by atoms with Crippen LogP contribution in [0.15, 0.2) is 42.5 Å². The number of benzene rings is 2. The first kappa shape index (κ1) is 16.1. The fraction of sp³-hybridized carbons (Fsp3) is 0.133. The highest BCUT2D eigenvalue weighted by molar-refractivity contribution is 7.80. The van der Waals surface area contributed by atoms with E-state index in [1.807, 2.05) is 0 Å². The highest BCUT2D eigenvalue weighted by atomic mass is 32.1. The molecule has 2 N–H and O–H groups in total. The molecule has 0 aliphatic carbocycles. The first-order chi connectivity index (χ1) is 10.4. The number of hydrogen-bond acceptors (Lipinski definition) is 2. The number of halogens is 3. The Morgan fingerprint density at radius 2 is 1.91 bits per heavy atom. The van der Waals surface area contributed by atoms with Crippen molar-refractivity contribution in [2.24, 2.45) is 0 Å². The van der Waals surface area contributed by atoms with Crippen LogP contribution in [0.3, 0.4) is 0 Å². The van der Waals surface area contributed by atoms with E-state index in [0.29, 0.717) is 11.4 Å². The van der Waals surface area contributed by atoms with Gasteiger partial charge in [0, 0.05) is 5.69 Å². The largest absolute Gasteiger partial charge is 0.433 e. The van der Waals surface area contributed by atoms with Gasteiger partial charge in [0.05, 0.1) is 5.69 Å². The second-order valence-corrected chi connectivity index (χ2v) is 4.88. The van der Waals surface area contributed by atoms with Crippen molar-refractivity contribution in [3.8, 4) is 5.75 Å². The van der Waals surface area contributed by atoms with Gasteiger partial charge in [-0.05, 0) is 55.0 Å². The van der Waals surface area contributed by atoms with E-state index in [4.69, 9.17) is 12.2 Å². The van der Waals surface area contributed by atoms with Crippen LogP contribution in [0.5, 0.6) is 5.75 Å². The van der Waals surface area contributed by atoms with Crippen molar-refractivity contribution in [1.29, 1.82) is 0 Å². The summed E-state index contributed by atoms with van der Waals surface area (Å²) in [5.41, 5.74) is 1.51. The molecule has 0 unspecified atom stereocenters. The summed E-state index contributed by atoms with van der Waals surface area (Å²) in [5, 5.41) is 5.65. The van der Waals surface area contributed by atoms with Gasteiger partial charge >= 0.3 is 6.61 Å². The van der Waals surface area contributed by atoms with Crippen molar-refractivity contribution < 1.29 is 17.9 Å². The molecule has 0 amide bonds. The smallest absolute Gasteiger partial charge is 0.387 e. The molecule has 22 heavy (non-hydrogen) atoms. The zero-order valence-corrected chi connectivity index (χ0v) is 12.4. The lowest BCUT2D eigenvalue weighted by Gasteiger charge is -2.15. The summed E-state index contributed by atoms with van der Waals surface area (Å²) >= 11 is 5.08. The molecule has 116 valence electrons. The molecule has 0 bridgehead atoms. The van der Waals surface area contributed by atoms with Crippen LogP contribution in [0.2, 0.25) is 0 Å². The molecule has 0 saturated heterocycles. The number of ether oxygens (including phenoxy) is 1. The summed E-state index contributed by atoms with van der Waals surface area (Å²) in [6.45, 7) is -1.18. The van der Waals surface area contributed by atoms with Crippen molar-refractivity contribution in [3.05, 3.63) is 53.8 Å². The summed E-state index contributed by atoms with van der Waals surface area (Å²) in [6.07, 6.45) is 0. The number of alkyl halides is 2. The lowest BCUT2D eigenvalue weighted by Crippen LogP contribution is -2.20. The zero-order valence-electron chi connectivity index (χ0n) is 11.6. The van der Waals surface area contributed by atoms with Gasteiger partial charge in [0.15, 0.2) is 5.11 Å². The van der Waals surface area contributed by atoms with E-state index in [-0.39, 0.29) is 10.9 Å². The van der Waals surface area contributed by atoms with E-state index in [2.05, 4.69) is 15.4 Å². The van der Waals surface area contributed by atoms with Gasteiger partial charge in [-0.3, -0.25) is 0 Å². The van der Waals surface area contributed by atoms with Crippen LogP contribution >= 0.6 is 12.2 Å². The van der Waals surface area contributed by atoms with Crippen molar-refractivity contribution in [1.82, 2.24) is 0 Å². The van der Waals surface area contributed by atoms with Gasteiger partial charge in [-0.15, -0.1) is 0 Å². The minimum Gasteiger partial charge on any atom is -0.433 e. The van der Waals surface area contributed by atoms with Crippen molar-refractivity contribution in [2.45, 2.75) is 13.5 Å². The lowest BCUT2D eigenvalue weighted by atomic mass is 10.2. The summed E-state index contributed by atoms with van der Waals surface area (Å²) < 4.78 is 42.4. The highest BCUT2D eigenvalue weighted by Gasteiger charge is 2.11. The molecule has 0 spiro atoms. The van der Waals surface area contributed by atoms with Crippen LogP contribution in [0.1, 0.15) is 5.56 Å². The third-order valence-corrected chi connectivity index (χ3v) is 2.89. The van der Waals surface area contributed by atoms with E-state index in [9.17, 15) is 13.2 Å². The second kappa shape index (κ2) is 7.13. The van der Waals surface area contributed by atoms with Crippen LogP contribution in [-0.4, -0.2) is 11.7 Å². The van der Waals surface area contributed by atoms with E-state index in [1.54, 1.807) is 25.1 Å². The third kappa shape index (κ3) is 4.63. The Hall–Kier alpha value is -2.28. The fourth-order valence-corrected chi connectivity index (χ4v) is 2.01. The van der Waals surface area contributed by atoms with Crippen LogP contribution in [0.25, 0.3) is 0 Å². The summed E-state index contributed by atoms with van der Waals surface area (Å²) in [5.74, 6) is -0.428. The molecular weight excluding hydrogens is 313 g/mol. The number of hydrogen-bond donors (Lipinski definition) is 2. The van der Waals surface area contributed by atoms with Crippen LogP contribution in [0, 0.1) is 12.7 Å². The van der Waals surface area contributed by atoms with E-state index >= 15 is 0 Å². The van der Waals surface area contributed by atoms with Gasteiger partial charge in [0.25, 0.3) is 0 Å². The molecule has 7 heteroatoms. The standard InChI is InChI=1S/C15H13F3N2OS/c1-9-5-6-12(13(7-9)21-14(17)18)20-15(22)19-11-4-2-3-10(16)8-11/h2-8,14H,1H3,(H2,19,20,22). The first-order valence-electron chi connectivity index (χ1n) is 6.33. The minimum atomic E-state index is -2.94. The van der Waals surface area contributed by atoms with Crippen molar-refractivity contribution in [3.63, 3.8) is 0 Å². The lowest BCUT2D eigenvalue weighted by molar-refractivity contribution is -0.0493. The summed E-state index contributed by atoms with van der Waals surface area (Å²) in [6, 6.07) is 10.5. The van der Waals surface area contributed by atoms with Crippen molar-refractivity contribution in [2.75, 3.05) is 10.6 Å². The molecular formula is C15H13F3N2OS. The number of rotatable bonds is 4. The highest BCUT2D eigenvalue weighted by Crippen LogP contribution is 2.27. The topological polar surface area (TPSA) is 33.3 Å². The Labute approximate surface area is 131 Å². The zero-order chi connectivity index (χ0) is 16.1. The molecule has 2 aromatic carbocycles. The van der Waals surface area contributed by atoms with Gasteiger partial charge in [-0.1, -0.05) is 12.1 Å². The SMILES string of the molecule is Cc1ccc(NC(=S)Nc2cccc(F)c2)c(OC(F)F)c1. The molecule has 0 heterocycles. The van der Waals surface area contributed by atoms with Gasteiger partial charge in [-0.25, -0.2) is 4.39 Å². The third-order valence-electron chi connectivity index (χ3n) is 2.68. The molecule has 2 rings (SSSR count). The van der Waals surface area contributed by atoms with E-state index in [0.717, 1.165) is 5.56 Å². The predicted octanol–water partition coefficient (Wildman–Crippen LogP) is 4.54. The Bertz CT molecular complexity index is 680. The van der Waals surface area contributed by atoms with Gasteiger partial charge in [0.1, 0.15) is 11.6 Å². The molecule has 0 saturated carbocycles. The number of thiocarbonyl (C=S) groups is 1. The summed E-state index contributed by atoms with van der Waals surface area (Å²) in [4.78, 5) is 0. The normalized spacial score (nSPS) is 10.4. The number of nitrogens with one attached hydrogen (secondary N) is 2. The monoisotopic (exact) mass is 326 g/mol. The van der Waals surface area contributed by atoms with Crippen LogP contribution in [-0.2, 0) is 0 Å². The average molecular weight is 326 g/mol. The first-order valence-corrected chi connectivity index (χ1v) is 6.74. The van der Waals surface area contributed by atoms with Gasteiger partial charge in [-0.2, -0.15) is 8.78 Å². The number of anilines is 2. The quantitative estimate of drug-likeness (QED) is 0.808.